The van der Waals surface area contributed by atoms with Crippen LogP contribution in [0.2, 0.25) is 0 Å². The van der Waals surface area contributed by atoms with Gasteiger partial charge in [0.1, 0.15) is 11.7 Å². The number of likely N-dealkylation sites (N-methyl/N-ethyl adjacent to an activating group) is 1. The van der Waals surface area contributed by atoms with Crippen LogP contribution in [0, 0.1) is 23.1 Å². The van der Waals surface area contributed by atoms with Crippen molar-refractivity contribution in [2.45, 2.75) is 19.9 Å². The first-order chi connectivity index (χ1) is 18.6. The van der Waals surface area contributed by atoms with Crippen molar-refractivity contribution in [3.8, 4) is 5.75 Å². The normalized spacial score (nSPS) is 23.7. The molecule has 2 aromatic rings. The molecule has 10 nitrogen and oxygen atoms in total. The van der Waals surface area contributed by atoms with Gasteiger partial charge in [-0.1, -0.05) is 13.8 Å². The minimum Gasteiger partial charge on any atom is -0.493 e. The summed E-state index contributed by atoms with van der Waals surface area (Å²) in [4.78, 5) is 48.9. The van der Waals surface area contributed by atoms with Crippen LogP contribution >= 0.6 is 0 Å². The van der Waals surface area contributed by atoms with Crippen molar-refractivity contribution < 1.29 is 28.2 Å². The molecular formula is C28H34FN5O5. The predicted molar refractivity (Wildman–Crippen MR) is 142 cm³/mol. The van der Waals surface area contributed by atoms with Gasteiger partial charge in [-0.25, -0.2) is 14.2 Å². The van der Waals surface area contributed by atoms with Crippen molar-refractivity contribution in [1.29, 1.82) is 0 Å². The van der Waals surface area contributed by atoms with Gasteiger partial charge in [-0.05, 0) is 48.6 Å². The van der Waals surface area contributed by atoms with E-state index in [1.807, 2.05) is 11.9 Å². The van der Waals surface area contributed by atoms with Crippen molar-refractivity contribution in [2.75, 3.05) is 64.2 Å². The number of halogens is 1. The molecule has 3 heterocycles. The molecule has 2 amide bonds. The third kappa shape index (κ3) is 4.69. The molecule has 0 spiro atoms. The van der Waals surface area contributed by atoms with E-state index in [1.165, 1.54) is 31.4 Å². The zero-order chi connectivity index (χ0) is 28.1. The topological polar surface area (TPSA) is 104 Å². The smallest absolute Gasteiger partial charge is 0.356 e. The highest BCUT2D eigenvalue weighted by Crippen LogP contribution is 2.65. The molecule has 1 aliphatic carbocycles. The van der Waals surface area contributed by atoms with Crippen molar-refractivity contribution >= 4 is 29.2 Å². The van der Waals surface area contributed by atoms with Crippen LogP contribution in [0.1, 0.15) is 34.7 Å². The minimum absolute atomic E-state index is 0.0520. The molecule has 0 radical (unpaired) electrons. The summed E-state index contributed by atoms with van der Waals surface area (Å²) < 4.78 is 25.8. The Morgan fingerprint density at radius 3 is 2.49 bits per heavy atom. The molecule has 208 valence electrons. The number of nitrogens with zero attached hydrogens (tertiary/aromatic N) is 4. The number of piperidine rings is 1. The third-order valence-electron chi connectivity index (χ3n) is 8.52. The summed E-state index contributed by atoms with van der Waals surface area (Å²) in [6, 6.07) is 5.44. The second-order valence-corrected chi connectivity index (χ2v) is 11.0. The first-order valence-corrected chi connectivity index (χ1v) is 13.0. The van der Waals surface area contributed by atoms with E-state index in [9.17, 15) is 14.4 Å². The van der Waals surface area contributed by atoms with Crippen LogP contribution in [-0.4, -0.2) is 92.6 Å². The number of ether oxygens (including phenoxy) is 2. The van der Waals surface area contributed by atoms with E-state index in [0.29, 0.717) is 31.0 Å². The van der Waals surface area contributed by atoms with Gasteiger partial charge in [-0.15, -0.1) is 0 Å². The number of benzene rings is 1. The summed E-state index contributed by atoms with van der Waals surface area (Å²) >= 11 is 0. The summed E-state index contributed by atoms with van der Waals surface area (Å²) in [7, 11) is 4.62. The largest absolute Gasteiger partial charge is 0.493 e. The number of anilines is 2. The number of carbonyl (C=O) groups excluding carboxylic acids is 3. The van der Waals surface area contributed by atoms with Crippen LogP contribution in [-0.2, 0) is 9.53 Å². The number of nitrogens with one attached hydrogen (secondary N) is 1. The number of likely N-dealkylation sites (tertiary alicyclic amines) is 1. The SMILES string of the molecule is COC(=O)c1cc(NC(=O)[C@@H]2[C@@H]3[C@H](CN2C(=O)c2ccc(N4CCN(C)CC4)c(F)c2OC)C3(C)C)ccn1. The number of carbonyl (C=O) groups is 3. The zero-order valence-corrected chi connectivity index (χ0v) is 22.9. The molecule has 2 aliphatic heterocycles. The van der Waals surface area contributed by atoms with Crippen LogP contribution in [0.4, 0.5) is 15.8 Å². The first-order valence-electron chi connectivity index (χ1n) is 13.0. The molecule has 3 aliphatic rings. The minimum atomic E-state index is -0.766. The number of fused-ring (bicyclic) bond motifs is 1. The predicted octanol–water partition coefficient (Wildman–Crippen LogP) is 2.50. The highest BCUT2D eigenvalue weighted by Gasteiger charge is 2.69. The molecule has 3 atom stereocenters. The van der Waals surface area contributed by atoms with E-state index in [1.54, 1.807) is 18.2 Å². The Hall–Kier alpha value is -3.73. The van der Waals surface area contributed by atoms with Crippen LogP contribution < -0.4 is 15.0 Å². The zero-order valence-electron chi connectivity index (χ0n) is 22.9. The molecule has 5 rings (SSSR count). The maximum atomic E-state index is 15.7. The van der Waals surface area contributed by atoms with Crippen LogP contribution in [0.5, 0.6) is 5.75 Å². The molecule has 1 saturated carbocycles. The van der Waals surface area contributed by atoms with E-state index in [0.717, 1.165) is 13.1 Å². The van der Waals surface area contributed by atoms with E-state index >= 15 is 4.39 Å². The van der Waals surface area contributed by atoms with E-state index in [2.05, 4.69) is 29.0 Å². The van der Waals surface area contributed by atoms with Gasteiger partial charge in [0.2, 0.25) is 5.91 Å². The van der Waals surface area contributed by atoms with Gasteiger partial charge in [-0.2, -0.15) is 0 Å². The number of hydrogen-bond acceptors (Lipinski definition) is 8. The van der Waals surface area contributed by atoms with Crippen molar-refractivity contribution in [3.05, 3.63) is 47.5 Å². The van der Waals surface area contributed by atoms with Gasteiger partial charge >= 0.3 is 5.97 Å². The van der Waals surface area contributed by atoms with Crippen LogP contribution in [0.15, 0.2) is 30.5 Å². The molecule has 39 heavy (non-hydrogen) atoms. The lowest BCUT2D eigenvalue weighted by Gasteiger charge is -2.35. The number of piperazine rings is 1. The Kier molecular flexibility index (Phi) is 6.96. The number of hydrogen-bond donors (Lipinski definition) is 1. The molecule has 1 aromatic heterocycles. The quantitative estimate of drug-likeness (QED) is 0.559. The number of pyridine rings is 1. The summed E-state index contributed by atoms with van der Waals surface area (Å²) in [6.45, 7) is 7.50. The number of esters is 1. The Labute approximate surface area is 227 Å². The van der Waals surface area contributed by atoms with Crippen molar-refractivity contribution in [3.63, 3.8) is 0 Å². The molecule has 0 unspecified atom stereocenters. The fourth-order valence-corrected chi connectivity index (χ4v) is 6.10. The first kappa shape index (κ1) is 26.9. The molecule has 0 bridgehead atoms. The Morgan fingerprint density at radius 2 is 1.82 bits per heavy atom. The Bertz CT molecular complexity index is 1310. The van der Waals surface area contributed by atoms with Gasteiger partial charge < -0.3 is 29.5 Å². The summed E-state index contributed by atoms with van der Waals surface area (Å²) in [6.07, 6.45) is 1.40. The van der Waals surface area contributed by atoms with E-state index in [-0.39, 0.29) is 40.2 Å². The molecule has 3 fully saturated rings. The fraction of sp³-hybridized carbons (Fsp3) is 0.500. The number of aromatic nitrogens is 1. The average Bonchev–Trinajstić information content (AvgIpc) is 3.24. The van der Waals surface area contributed by atoms with Crippen LogP contribution in [0.25, 0.3) is 0 Å². The molecule has 2 saturated heterocycles. The Balaban J connectivity index is 1.41. The second kappa shape index (κ2) is 10.1. The fourth-order valence-electron chi connectivity index (χ4n) is 6.10. The maximum Gasteiger partial charge on any atom is 0.356 e. The number of amides is 2. The highest BCUT2D eigenvalue weighted by molar-refractivity contribution is 6.04. The molecule has 1 aromatic carbocycles. The van der Waals surface area contributed by atoms with Gasteiger partial charge in [0.05, 0.1) is 25.5 Å². The maximum absolute atomic E-state index is 15.7. The number of rotatable bonds is 6. The van der Waals surface area contributed by atoms with Crippen molar-refractivity contribution in [2.24, 2.45) is 17.3 Å². The standard InChI is InChI=1S/C28H34FN5O5/c1-28(2)18-15-34(23(21(18)28)25(35)31-16-8-9-30-19(14-16)27(37)39-5)26(36)17-6-7-20(22(29)24(17)38-4)33-12-10-32(3)11-13-33/h6-9,14,18,21,23H,10-13,15H2,1-5H3,(H,30,31,35)/t18-,21-,23-/m0/s1. The molecule has 1 N–H and O–H groups in total. The van der Waals surface area contributed by atoms with Crippen LogP contribution in [0.3, 0.4) is 0 Å². The highest BCUT2D eigenvalue weighted by atomic mass is 19.1. The lowest BCUT2D eigenvalue weighted by Crippen LogP contribution is -2.48. The average molecular weight is 540 g/mol. The summed E-state index contributed by atoms with van der Waals surface area (Å²) in [5, 5.41) is 2.83. The van der Waals surface area contributed by atoms with Gasteiger partial charge in [-0.3, -0.25) is 9.59 Å². The van der Waals surface area contributed by atoms with Gasteiger partial charge in [0, 0.05) is 44.6 Å². The van der Waals surface area contributed by atoms with Crippen molar-refractivity contribution in [1.82, 2.24) is 14.8 Å². The lowest BCUT2D eigenvalue weighted by molar-refractivity contribution is -0.120. The Morgan fingerprint density at radius 1 is 1.10 bits per heavy atom. The molecular weight excluding hydrogens is 505 g/mol. The summed E-state index contributed by atoms with van der Waals surface area (Å²) in [5.41, 5.74) is 0.788. The number of methoxy groups -OCH3 is 2. The lowest BCUT2D eigenvalue weighted by atomic mass is 9.99. The molecule has 11 heteroatoms. The second-order valence-electron chi connectivity index (χ2n) is 11.0. The van der Waals surface area contributed by atoms with Gasteiger partial charge in [0.25, 0.3) is 5.91 Å². The third-order valence-corrected chi connectivity index (χ3v) is 8.52. The van der Waals surface area contributed by atoms with Gasteiger partial charge in [0.15, 0.2) is 11.6 Å². The summed E-state index contributed by atoms with van der Waals surface area (Å²) in [5.74, 6) is -2.07. The van der Waals surface area contributed by atoms with E-state index < -0.39 is 23.7 Å². The van der Waals surface area contributed by atoms with E-state index in [4.69, 9.17) is 9.47 Å². The monoisotopic (exact) mass is 539 g/mol.